The highest BCUT2D eigenvalue weighted by atomic mass is 16.1. The molecule has 0 aliphatic rings. The first-order valence-corrected chi connectivity index (χ1v) is 5.69. The minimum absolute atomic E-state index is 0.132. The van der Waals surface area contributed by atoms with Gasteiger partial charge in [0.05, 0.1) is 11.2 Å². The quantitative estimate of drug-likeness (QED) is 0.856. The molecule has 0 bridgehead atoms. The summed E-state index contributed by atoms with van der Waals surface area (Å²) in [5, 5.41) is 20.6. The van der Waals surface area contributed by atoms with Crippen molar-refractivity contribution in [1.29, 1.82) is 5.26 Å². The second-order valence-electron chi connectivity index (χ2n) is 4.67. The van der Waals surface area contributed by atoms with E-state index in [4.69, 9.17) is 11.0 Å². The fourth-order valence-corrected chi connectivity index (χ4v) is 1.63. The van der Waals surface area contributed by atoms with Crippen LogP contribution in [0.15, 0.2) is 24.3 Å². The van der Waals surface area contributed by atoms with Gasteiger partial charge in [-0.3, -0.25) is 4.79 Å². The molecule has 3 N–H and O–H groups in total. The van der Waals surface area contributed by atoms with Gasteiger partial charge >= 0.3 is 0 Å². The van der Waals surface area contributed by atoms with Crippen LogP contribution in [-0.4, -0.2) is 21.6 Å². The van der Waals surface area contributed by atoms with Crippen molar-refractivity contribution in [2.45, 2.75) is 19.4 Å². The molecular weight excluding hydrogens is 242 g/mol. The smallest absolute Gasteiger partial charge is 0.242 e. The summed E-state index contributed by atoms with van der Waals surface area (Å²) in [6, 6.07) is 9.21. The molecule has 0 saturated carbocycles. The highest BCUT2D eigenvalue weighted by Crippen LogP contribution is 2.26. The summed E-state index contributed by atoms with van der Waals surface area (Å²) < 4.78 is 0. The second-order valence-corrected chi connectivity index (χ2v) is 4.67. The van der Waals surface area contributed by atoms with Gasteiger partial charge in [-0.2, -0.15) is 5.26 Å². The molecule has 2 aromatic rings. The number of nitrogens with one attached hydrogen (secondary N) is 1. The maximum atomic E-state index is 11.4. The number of carbonyl (C=O) groups is 1. The molecule has 0 aliphatic carbocycles. The number of rotatable bonds is 3. The SMILES string of the molecule is CC(C)(Nc1c(C#N)nnc2ccccc12)C(N)=O. The van der Waals surface area contributed by atoms with Crippen LogP contribution >= 0.6 is 0 Å². The first-order chi connectivity index (χ1) is 8.95. The number of benzene rings is 1. The summed E-state index contributed by atoms with van der Waals surface area (Å²) in [5.74, 6) is -0.516. The minimum Gasteiger partial charge on any atom is -0.369 e. The number of nitrogens with zero attached hydrogens (tertiary/aromatic N) is 3. The third-order valence-corrected chi connectivity index (χ3v) is 2.83. The fraction of sp³-hybridized carbons (Fsp3) is 0.231. The number of nitriles is 1. The Bertz CT molecular complexity index is 687. The number of aromatic nitrogens is 2. The number of fused-ring (bicyclic) bond motifs is 1. The maximum Gasteiger partial charge on any atom is 0.242 e. The topological polar surface area (TPSA) is 105 Å². The molecular formula is C13H13N5O. The van der Waals surface area contributed by atoms with Crippen molar-refractivity contribution in [1.82, 2.24) is 10.2 Å². The maximum absolute atomic E-state index is 11.4. The Morgan fingerprint density at radius 1 is 1.37 bits per heavy atom. The lowest BCUT2D eigenvalue weighted by atomic mass is 10.0. The Morgan fingerprint density at radius 3 is 2.68 bits per heavy atom. The number of hydrogen-bond donors (Lipinski definition) is 2. The van der Waals surface area contributed by atoms with Gasteiger partial charge in [-0.25, -0.2) is 0 Å². The molecule has 96 valence electrons. The average Bonchev–Trinajstić information content (AvgIpc) is 2.38. The molecule has 1 aromatic heterocycles. The summed E-state index contributed by atoms with van der Waals surface area (Å²) in [6.07, 6.45) is 0. The third-order valence-electron chi connectivity index (χ3n) is 2.83. The van der Waals surface area contributed by atoms with Crippen LogP contribution < -0.4 is 11.1 Å². The van der Waals surface area contributed by atoms with E-state index in [9.17, 15) is 4.79 Å². The first-order valence-electron chi connectivity index (χ1n) is 5.69. The van der Waals surface area contributed by atoms with Gasteiger partial charge in [0.2, 0.25) is 5.91 Å². The number of anilines is 1. The molecule has 1 amide bonds. The lowest BCUT2D eigenvalue weighted by molar-refractivity contribution is -0.121. The van der Waals surface area contributed by atoms with Crippen molar-refractivity contribution in [3.8, 4) is 6.07 Å². The van der Waals surface area contributed by atoms with Gasteiger partial charge in [-0.05, 0) is 19.9 Å². The van der Waals surface area contributed by atoms with E-state index in [1.807, 2.05) is 24.3 Å². The van der Waals surface area contributed by atoms with E-state index in [1.165, 1.54) is 0 Å². The Balaban J connectivity index is 2.64. The molecule has 1 heterocycles. The van der Waals surface area contributed by atoms with E-state index in [2.05, 4.69) is 15.5 Å². The third kappa shape index (κ3) is 2.31. The van der Waals surface area contributed by atoms with E-state index < -0.39 is 11.4 Å². The number of amides is 1. The predicted molar refractivity (Wildman–Crippen MR) is 71.1 cm³/mol. The molecule has 6 nitrogen and oxygen atoms in total. The summed E-state index contributed by atoms with van der Waals surface area (Å²) in [5.41, 5.74) is 5.59. The number of carbonyl (C=O) groups excluding carboxylic acids is 1. The van der Waals surface area contributed by atoms with Crippen LogP contribution in [0.5, 0.6) is 0 Å². The zero-order valence-electron chi connectivity index (χ0n) is 10.6. The van der Waals surface area contributed by atoms with Crippen LogP contribution in [0.1, 0.15) is 19.5 Å². The van der Waals surface area contributed by atoms with Crippen molar-refractivity contribution in [3.63, 3.8) is 0 Å². The zero-order valence-corrected chi connectivity index (χ0v) is 10.6. The molecule has 0 unspecified atom stereocenters. The van der Waals surface area contributed by atoms with Gasteiger partial charge in [0.15, 0.2) is 5.69 Å². The molecule has 0 spiro atoms. The normalized spacial score (nSPS) is 11.0. The molecule has 0 aliphatic heterocycles. The van der Waals surface area contributed by atoms with E-state index >= 15 is 0 Å². The molecule has 0 atom stereocenters. The number of primary amides is 1. The van der Waals surface area contributed by atoms with Crippen molar-refractivity contribution >= 4 is 22.5 Å². The van der Waals surface area contributed by atoms with Crippen LogP contribution in [0.3, 0.4) is 0 Å². The monoisotopic (exact) mass is 255 g/mol. The van der Waals surface area contributed by atoms with E-state index in [0.29, 0.717) is 11.2 Å². The lowest BCUT2D eigenvalue weighted by Crippen LogP contribution is -2.45. The molecule has 19 heavy (non-hydrogen) atoms. The van der Waals surface area contributed by atoms with Crippen molar-refractivity contribution in [2.75, 3.05) is 5.32 Å². The van der Waals surface area contributed by atoms with E-state index in [0.717, 1.165) is 5.39 Å². The second kappa shape index (κ2) is 4.53. The number of nitrogens with two attached hydrogens (primary N) is 1. The molecule has 0 saturated heterocycles. The Kier molecular flexibility index (Phi) is 3.05. The predicted octanol–water partition coefficient (Wildman–Crippen LogP) is 1.18. The fourth-order valence-electron chi connectivity index (χ4n) is 1.63. The van der Waals surface area contributed by atoms with Crippen LogP contribution in [0, 0.1) is 11.3 Å². The van der Waals surface area contributed by atoms with Crippen molar-refractivity contribution in [3.05, 3.63) is 30.0 Å². The standard InChI is InChI=1S/C13H13N5O/c1-13(2,12(15)19)16-11-8-5-3-4-6-9(8)17-18-10(11)7-14/h3-6H,1-2H3,(H2,15,19)(H,16,17). The summed E-state index contributed by atoms with van der Waals surface area (Å²) in [6.45, 7) is 3.29. The van der Waals surface area contributed by atoms with Crippen LogP contribution in [-0.2, 0) is 4.79 Å². The van der Waals surface area contributed by atoms with Crippen molar-refractivity contribution in [2.24, 2.45) is 5.73 Å². The molecule has 6 heteroatoms. The highest BCUT2D eigenvalue weighted by Gasteiger charge is 2.26. The Hall–Kier alpha value is -2.68. The molecule has 0 fully saturated rings. The summed E-state index contributed by atoms with van der Waals surface area (Å²) in [7, 11) is 0. The first kappa shape index (κ1) is 12.8. The summed E-state index contributed by atoms with van der Waals surface area (Å²) in [4.78, 5) is 11.4. The van der Waals surface area contributed by atoms with Gasteiger partial charge in [-0.15, -0.1) is 10.2 Å². The van der Waals surface area contributed by atoms with E-state index in [-0.39, 0.29) is 5.69 Å². The van der Waals surface area contributed by atoms with Crippen LogP contribution in [0.25, 0.3) is 10.9 Å². The van der Waals surface area contributed by atoms with Crippen LogP contribution in [0.2, 0.25) is 0 Å². The van der Waals surface area contributed by atoms with Gasteiger partial charge < -0.3 is 11.1 Å². The average molecular weight is 255 g/mol. The lowest BCUT2D eigenvalue weighted by Gasteiger charge is -2.24. The van der Waals surface area contributed by atoms with Crippen molar-refractivity contribution < 1.29 is 4.79 Å². The zero-order chi connectivity index (χ0) is 14.0. The highest BCUT2D eigenvalue weighted by molar-refractivity contribution is 5.96. The minimum atomic E-state index is -0.989. The Labute approximate surface area is 110 Å². The van der Waals surface area contributed by atoms with Gasteiger partial charge in [-0.1, -0.05) is 18.2 Å². The molecule has 1 aromatic carbocycles. The van der Waals surface area contributed by atoms with Crippen LogP contribution in [0.4, 0.5) is 5.69 Å². The molecule has 0 radical (unpaired) electrons. The summed E-state index contributed by atoms with van der Waals surface area (Å²) >= 11 is 0. The van der Waals surface area contributed by atoms with Gasteiger partial charge in [0, 0.05) is 5.39 Å². The Morgan fingerprint density at radius 2 is 2.05 bits per heavy atom. The number of hydrogen-bond acceptors (Lipinski definition) is 5. The van der Waals surface area contributed by atoms with E-state index in [1.54, 1.807) is 19.9 Å². The van der Waals surface area contributed by atoms with Gasteiger partial charge in [0.1, 0.15) is 11.6 Å². The van der Waals surface area contributed by atoms with Gasteiger partial charge in [0.25, 0.3) is 0 Å². The largest absolute Gasteiger partial charge is 0.369 e. The molecule has 2 rings (SSSR count).